The summed E-state index contributed by atoms with van der Waals surface area (Å²) in [6, 6.07) is 5.50. The van der Waals surface area contributed by atoms with Gasteiger partial charge in [0.1, 0.15) is 12.1 Å². The van der Waals surface area contributed by atoms with Crippen LogP contribution in [0.4, 0.5) is 13.2 Å². The Labute approximate surface area is 132 Å². The van der Waals surface area contributed by atoms with Crippen LogP contribution in [0.25, 0.3) is 11.3 Å². The third-order valence-corrected chi connectivity index (χ3v) is 3.08. The van der Waals surface area contributed by atoms with Crippen LogP contribution in [0.2, 0.25) is 0 Å². The third-order valence-electron chi connectivity index (χ3n) is 3.08. The molecule has 0 aliphatic heterocycles. The fourth-order valence-corrected chi connectivity index (χ4v) is 2.16. The van der Waals surface area contributed by atoms with Crippen LogP contribution in [0.15, 0.2) is 36.7 Å². The van der Waals surface area contributed by atoms with Crippen molar-refractivity contribution in [1.29, 1.82) is 0 Å². The SMILES string of the molecule is CC/C=C(\CCC)c1ncn(-c2ccc(OC(F)(F)F)cc2)n1. The lowest BCUT2D eigenvalue weighted by Crippen LogP contribution is -2.17. The average Bonchev–Trinajstić information content (AvgIpc) is 2.96. The van der Waals surface area contributed by atoms with Crippen LogP contribution < -0.4 is 4.74 Å². The molecule has 0 spiro atoms. The second-order valence-electron chi connectivity index (χ2n) is 4.94. The highest BCUT2D eigenvalue weighted by Crippen LogP contribution is 2.24. The van der Waals surface area contributed by atoms with Gasteiger partial charge in [-0.2, -0.15) is 0 Å². The first-order valence-corrected chi connectivity index (χ1v) is 7.40. The highest BCUT2D eigenvalue weighted by Gasteiger charge is 2.30. The van der Waals surface area contributed by atoms with Crippen LogP contribution in [-0.4, -0.2) is 21.1 Å². The van der Waals surface area contributed by atoms with Gasteiger partial charge in [-0.15, -0.1) is 18.3 Å². The van der Waals surface area contributed by atoms with E-state index in [9.17, 15) is 13.2 Å². The molecule has 1 heterocycles. The van der Waals surface area contributed by atoms with E-state index in [0.717, 1.165) is 24.8 Å². The smallest absolute Gasteiger partial charge is 0.406 e. The molecule has 0 N–H and O–H groups in total. The van der Waals surface area contributed by atoms with Crippen LogP contribution in [0, 0.1) is 0 Å². The summed E-state index contributed by atoms with van der Waals surface area (Å²) in [7, 11) is 0. The van der Waals surface area contributed by atoms with E-state index in [2.05, 4.69) is 27.8 Å². The number of benzene rings is 1. The molecule has 1 aromatic carbocycles. The van der Waals surface area contributed by atoms with Crippen LogP contribution in [0.5, 0.6) is 5.75 Å². The molecule has 1 aromatic heterocycles. The minimum atomic E-state index is -4.69. The lowest BCUT2D eigenvalue weighted by molar-refractivity contribution is -0.274. The predicted molar refractivity (Wildman–Crippen MR) is 81.2 cm³/mol. The Kier molecular flexibility index (Phi) is 5.41. The third kappa shape index (κ3) is 4.84. The van der Waals surface area contributed by atoms with Crippen molar-refractivity contribution >= 4 is 5.57 Å². The van der Waals surface area contributed by atoms with E-state index in [1.165, 1.54) is 28.9 Å². The number of hydrogen-bond donors (Lipinski definition) is 0. The molecule has 0 radical (unpaired) electrons. The minimum Gasteiger partial charge on any atom is -0.406 e. The highest BCUT2D eigenvalue weighted by atomic mass is 19.4. The van der Waals surface area contributed by atoms with E-state index in [4.69, 9.17) is 0 Å². The summed E-state index contributed by atoms with van der Waals surface area (Å²) in [4.78, 5) is 4.28. The molecule has 23 heavy (non-hydrogen) atoms. The topological polar surface area (TPSA) is 39.9 Å². The lowest BCUT2D eigenvalue weighted by atomic mass is 10.1. The molecule has 2 rings (SSSR count). The molecule has 7 heteroatoms. The maximum absolute atomic E-state index is 12.1. The van der Waals surface area contributed by atoms with E-state index in [1.807, 2.05) is 6.92 Å². The first-order chi connectivity index (χ1) is 10.9. The molecule has 0 atom stereocenters. The van der Waals surface area contributed by atoms with Gasteiger partial charge < -0.3 is 4.74 Å². The van der Waals surface area contributed by atoms with E-state index in [1.54, 1.807) is 6.33 Å². The highest BCUT2D eigenvalue weighted by molar-refractivity contribution is 5.59. The van der Waals surface area contributed by atoms with Gasteiger partial charge >= 0.3 is 6.36 Å². The minimum absolute atomic E-state index is 0.265. The molecule has 0 fully saturated rings. The second kappa shape index (κ2) is 7.30. The molecular weight excluding hydrogens is 307 g/mol. The first-order valence-electron chi connectivity index (χ1n) is 7.40. The summed E-state index contributed by atoms with van der Waals surface area (Å²) < 4.78 is 41.8. The Hall–Kier alpha value is -2.31. The van der Waals surface area contributed by atoms with Gasteiger partial charge in [0.05, 0.1) is 5.69 Å². The van der Waals surface area contributed by atoms with Crippen molar-refractivity contribution in [1.82, 2.24) is 14.8 Å². The molecule has 0 aliphatic rings. The number of halogens is 3. The monoisotopic (exact) mass is 325 g/mol. The summed E-state index contributed by atoms with van der Waals surface area (Å²) in [6.07, 6.45) is 1.72. The van der Waals surface area contributed by atoms with Crippen LogP contribution in [0.3, 0.4) is 0 Å². The Bertz CT molecular complexity index is 660. The van der Waals surface area contributed by atoms with Crippen molar-refractivity contribution in [3.05, 3.63) is 42.5 Å². The summed E-state index contributed by atoms with van der Waals surface area (Å²) in [5, 5.41) is 4.40. The summed E-state index contributed by atoms with van der Waals surface area (Å²) >= 11 is 0. The Balaban J connectivity index is 2.18. The number of allylic oxidation sites excluding steroid dienone is 2. The number of hydrogen-bond acceptors (Lipinski definition) is 3. The van der Waals surface area contributed by atoms with Crippen molar-refractivity contribution in [2.75, 3.05) is 0 Å². The Morgan fingerprint density at radius 3 is 2.48 bits per heavy atom. The average molecular weight is 325 g/mol. The zero-order valence-corrected chi connectivity index (χ0v) is 13.0. The van der Waals surface area contributed by atoms with Gasteiger partial charge in [-0.1, -0.05) is 26.3 Å². The zero-order chi connectivity index (χ0) is 16.9. The Morgan fingerprint density at radius 2 is 1.91 bits per heavy atom. The molecule has 0 amide bonds. The first kappa shape index (κ1) is 17.1. The van der Waals surface area contributed by atoms with Gasteiger partial charge in [-0.3, -0.25) is 0 Å². The van der Waals surface area contributed by atoms with E-state index < -0.39 is 6.36 Å². The fraction of sp³-hybridized carbons (Fsp3) is 0.375. The maximum Gasteiger partial charge on any atom is 0.573 e. The van der Waals surface area contributed by atoms with Crippen LogP contribution >= 0.6 is 0 Å². The Morgan fingerprint density at radius 1 is 1.22 bits per heavy atom. The molecular formula is C16H18F3N3O. The maximum atomic E-state index is 12.1. The van der Waals surface area contributed by atoms with Crippen molar-refractivity contribution in [3.63, 3.8) is 0 Å². The van der Waals surface area contributed by atoms with Crippen LogP contribution in [-0.2, 0) is 0 Å². The number of ether oxygens (including phenoxy) is 1. The van der Waals surface area contributed by atoms with Gasteiger partial charge in [0.15, 0.2) is 5.82 Å². The second-order valence-corrected chi connectivity index (χ2v) is 4.94. The predicted octanol–water partition coefficient (Wildman–Crippen LogP) is 4.76. The molecule has 124 valence electrons. The molecule has 0 saturated carbocycles. The molecule has 0 saturated heterocycles. The molecule has 2 aromatic rings. The van der Waals surface area contributed by atoms with Gasteiger partial charge in [0.2, 0.25) is 0 Å². The summed E-state index contributed by atoms with van der Waals surface area (Å²) in [5.74, 6) is 0.378. The van der Waals surface area contributed by atoms with Crippen molar-refractivity contribution in [2.45, 2.75) is 39.5 Å². The van der Waals surface area contributed by atoms with Gasteiger partial charge in [-0.05, 0) is 42.7 Å². The van der Waals surface area contributed by atoms with E-state index >= 15 is 0 Å². The normalized spacial score (nSPS) is 12.5. The zero-order valence-electron chi connectivity index (χ0n) is 13.0. The number of alkyl halides is 3. The molecule has 4 nitrogen and oxygen atoms in total. The molecule has 0 aliphatic carbocycles. The van der Waals surface area contributed by atoms with Gasteiger partial charge in [0, 0.05) is 0 Å². The summed E-state index contributed by atoms with van der Waals surface area (Å²) in [6.45, 7) is 4.13. The molecule has 0 unspecified atom stereocenters. The number of rotatable bonds is 6. The summed E-state index contributed by atoms with van der Waals surface area (Å²) in [5.41, 5.74) is 1.69. The molecule has 0 bridgehead atoms. The fourth-order valence-electron chi connectivity index (χ4n) is 2.16. The number of aromatic nitrogens is 3. The van der Waals surface area contributed by atoms with Gasteiger partial charge in [0.25, 0.3) is 0 Å². The van der Waals surface area contributed by atoms with Crippen LogP contribution in [0.1, 0.15) is 38.9 Å². The van der Waals surface area contributed by atoms with Crippen molar-refractivity contribution in [2.24, 2.45) is 0 Å². The van der Waals surface area contributed by atoms with E-state index in [-0.39, 0.29) is 5.75 Å². The quantitative estimate of drug-likeness (QED) is 0.769. The van der Waals surface area contributed by atoms with Crippen molar-refractivity contribution in [3.8, 4) is 11.4 Å². The van der Waals surface area contributed by atoms with E-state index in [0.29, 0.717) is 11.5 Å². The lowest BCUT2D eigenvalue weighted by Gasteiger charge is -2.09. The standard InChI is InChI=1S/C16H18F3N3O/c1-3-5-12(6-4-2)15-20-11-22(21-15)13-7-9-14(10-8-13)23-16(17,18)19/h5,7-11H,3-4,6H2,1-2H3/b12-5+. The van der Waals surface area contributed by atoms with Crippen molar-refractivity contribution < 1.29 is 17.9 Å². The number of nitrogens with zero attached hydrogens (tertiary/aromatic N) is 3. The largest absolute Gasteiger partial charge is 0.573 e. The van der Waals surface area contributed by atoms with Gasteiger partial charge in [-0.25, -0.2) is 9.67 Å².